The number of amides is 1. The molecule has 0 saturated carbocycles. The number of benzene rings is 2. The summed E-state index contributed by atoms with van der Waals surface area (Å²) in [5.74, 6) is -0.439. The lowest BCUT2D eigenvalue weighted by molar-refractivity contribution is -0.384. The predicted molar refractivity (Wildman–Crippen MR) is 85.4 cm³/mol. The van der Waals surface area contributed by atoms with Crippen molar-refractivity contribution in [1.29, 1.82) is 0 Å². The van der Waals surface area contributed by atoms with Crippen LogP contribution in [0.1, 0.15) is 16.7 Å². The van der Waals surface area contributed by atoms with Crippen molar-refractivity contribution in [1.82, 2.24) is 5.43 Å². The molecular formula is C16H15N3O4. The molecule has 0 atom stereocenters. The predicted octanol–water partition coefficient (Wildman–Crippen LogP) is 2.30. The zero-order chi connectivity index (χ0) is 16.8. The number of nitro benzene ring substituents is 1. The molecule has 0 saturated heterocycles. The highest BCUT2D eigenvalue weighted by atomic mass is 16.6. The normalized spacial score (nSPS) is 10.7. The topological polar surface area (TPSA) is 105 Å². The van der Waals surface area contributed by atoms with Gasteiger partial charge in [-0.1, -0.05) is 30.3 Å². The molecule has 0 heterocycles. The van der Waals surface area contributed by atoms with Crippen molar-refractivity contribution >= 4 is 17.8 Å². The molecule has 0 aliphatic heterocycles. The number of aromatic hydroxyl groups is 1. The number of rotatable bonds is 5. The van der Waals surface area contributed by atoms with E-state index in [1.807, 2.05) is 30.3 Å². The van der Waals surface area contributed by atoms with Crippen molar-refractivity contribution in [2.75, 3.05) is 0 Å². The van der Waals surface area contributed by atoms with Crippen LogP contribution in [0.15, 0.2) is 47.6 Å². The molecule has 1 amide bonds. The van der Waals surface area contributed by atoms with Crippen LogP contribution >= 0.6 is 0 Å². The largest absolute Gasteiger partial charge is 0.507 e. The minimum absolute atomic E-state index is 0.114. The fourth-order valence-corrected chi connectivity index (χ4v) is 1.99. The molecule has 2 N–H and O–H groups in total. The summed E-state index contributed by atoms with van der Waals surface area (Å²) in [6.45, 7) is 1.55. The number of carbonyl (C=O) groups excluding carboxylic acids is 1. The van der Waals surface area contributed by atoms with Crippen molar-refractivity contribution < 1.29 is 14.8 Å². The molecule has 0 aromatic heterocycles. The van der Waals surface area contributed by atoms with E-state index in [0.717, 1.165) is 5.56 Å². The maximum atomic E-state index is 11.7. The second kappa shape index (κ2) is 7.17. The van der Waals surface area contributed by atoms with Crippen LogP contribution in [0, 0.1) is 17.0 Å². The Kier molecular flexibility index (Phi) is 5.03. The minimum atomic E-state index is -0.558. The maximum Gasteiger partial charge on any atom is 0.270 e. The molecule has 2 aromatic rings. The number of hydrogen-bond acceptors (Lipinski definition) is 5. The number of phenolic OH excluding ortho intramolecular Hbond substituents is 1. The van der Waals surface area contributed by atoms with Gasteiger partial charge in [0, 0.05) is 17.7 Å². The molecule has 0 aliphatic rings. The second-order valence-electron chi connectivity index (χ2n) is 4.91. The van der Waals surface area contributed by atoms with E-state index in [1.54, 1.807) is 6.92 Å². The van der Waals surface area contributed by atoms with Gasteiger partial charge >= 0.3 is 0 Å². The number of hydrogen-bond donors (Lipinski definition) is 2. The smallest absolute Gasteiger partial charge is 0.270 e. The first-order valence-electron chi connectivity index (χ1n) is 6.81. The Bertz CT molecular complexity index is 757. The van der Waals surface area contributed by atoms with Gasteiger partial charge in [-0.3, -0.25) is 14.9 Å². The summed E-state index contributed by atoms with van der Waals surface area (Å²) in [6, 6.07) is 11.6. The van der Waals surface area contributed by atoms with Gasteiger partial charge in [-0.25, -0.2) is 5.43 Å². The number of hydrazone groups is 1. The fourth-order valence-electron chi connectivity index (χ4n) is 1.99. The van der Waals surface area contributed by atoms with Crippen molar-refractivity contribution in [3.8, 4) is 5.75 Å². The van der Waals surface area contributed by atoms with E-state index >= 15 is 0 Å². The van der Waals surface area contributed by atoms with Crippen LogP contribution in [0.4, 0.5) is 5.69 Å². The molecule has 7 heteroatoms. The Hall–Kier alpha value is -3.22. The number of carbonyl (C=O) groups is 1. The molecule has 0 unspecified atom stereocenters. The number of non-ortho nitro benzene ring substituents is 1. The third-order valence-corrected chi connectivity index (χ3v) is 3.13. The molecule has 7 nitrogen and oxygen atoms in total. The van der Waals surface area contributed by atoms with E-state index in [0.29, 0.717) is 5.56 Å². The van der Waals surface area contributed by atoms with Crippen molar-refractivity contribution in [2.45, 2.75) is 13.3 Å². The lowest BCUT2D eigenvalue weighted by atomic mass is 10.1. The molecule has 0 aliphatic carbocycles. The molecule has 0 radical (unpaired) electrons. The first kappa shape index (κ1) is 16.2. The van der Waals surface area contributed by atoms with E-state index < -0.39 is 4.92 Å². The van der Waals surface area contributed by atoms with Crippen LogP contribution in [0.5, 0.6) is 5.75 Å². The molecule has 2 rings (SSSR count). The van der Waals surface area contributed by atoms with E-state index in [2.05, 4.69) is 10.5 Å². The van der Waals surface area contributed by atoms with Gasteiger partial charge in [-0.05, 0) is 18.1 Å². The number of nitrogens with one attached hydrogen (secondary N) is 1. The first-order chi connectivity index (χ1) is 11.0. The Labute approximate surface area is 132 Å². The first-order valence-corrected chi connectivity index (χ1v) is 6.81. The van der Waals surface area contributed by atoms with Gasteiger partial charge < -0.3 is 5.11 Å². The fraction of sp³-hybridized carbons (Fsp3) is 0.125. The lowest BCUT2D eigenvalue weighted by Crippen LogP contribution is -2.19. The molecule has 118 valence electrons. The lowest BCUT2D eigenvalue weighted by Gasteiger charge is -2.03. The van der Waals surface area contributed by atoms with Gasteiger partial charge in [0.2, 0.25) is 5.91 Å². The highest BCUT2D eigenvalue weighted by Gasteiger charge is 2.12. The van der Waals surface area contributed by atoms with E-state index in [-0.39, 0.29) is 29.3 Å². The summed E-state index contributed by atoms with van der Waals surface area (Å²) in [5, 5.41) is 24.4. The van der Waals surface area contributed by atoms with Crippen molar-refractivity contribution in [2.24, 2.45) is 5.10 Å². The van der Waals surface area contributed by atoms with Crippen LogP contribution in [-0.2, 0) is 11.2 Å². The number of aryl methyl sites for hydroxylation is 1. The summed E-state index contributed by atoms with van der Waals surface area (Å²) in [6.07, 6.45) is 1.34. The standard InChI is InChI=1S/C16H15N3O4/c1-11-7-14(19(22)23)9-13(16(11)21)10-17-18-15(20)8-12-5-3-2-4-6-12/h2-7,9-10,21H,8H2,1H3,(H,18,20). The van der Waals surface area contributed by atoms with Gasteiger partial charge in [0.05, 0.1) is 17.6 Å². The summed E-state index contributed by atoms with van der Waals surface area (Å²) in [4.78, 5) is 22.0. The summed E-state index contributed by atoms with van der Waals surface area (Å²) < 4.78 is 0. The van der Waals surface area contributed by atoms with Gasteiger partial charge in [0.25, 0.3) is 5.69 Å². The van der Waals surface area contributed by atoms with Crippen LogP contribution < -0.4 is 5.43 Å². The molecule has 2 aromatic carbocycles. The SMILES string of the molecule is Cc1cc([N+](=O)[O-])cc(C=NNC(=O)Cc2ccccc2)c1O. The van der Waals surface area contributed by atoms with Gasteiger partial charge in [0.1, 0.15) is 5.75 Å². The zero-order valence-electron chi connectivity index (χ0n) is 12.4. The average Bonchev–Trinajstić information content (AvgIpc) is 2.52. The van der Waals surface area contributed by atoms with Gasteiger partial charge in [-0.15, -0.1) is 0 Å². The van der Waals surface area contributed by atoms with Crippen LogP contribution in [0.25, 0.3) is 0 Å². The van der Waals surface area contributed by atoms with E-state index in [9.17, 15) is 20.0 Å². The molecule has 23 heavy (non-hydrogen) atoms. The minimum Gasteiger partial charge on any atom is -0.507 e. The molecule has 0 fully saturated rings. The van der Waals surface area contributed by atoms with E-state index in [1.165, 1.54) is 18.3 Å². The summed E-state index contributed by atoms with van der Waals surface area (Å²) in [7, 11) is 0. The number of nitro groups is 1. The monoisotopic (exact) mass is 313 g/mol. The Morgan fingerprint density at radius 2 is 2.04 bits per heavy atom. The van der Waals surface area contributed by atoms with Crippen LogP contribution in [0.2, 0.25) is 0 Å². The maximum absolute atomic E-state index is 11.7. The third-order valence-electron chi connectivity index (χ3n) is 3.13. The third kappa shape index (κ3) is 4.37. The Morgan fingerprint density at radius 3 is 2.70 bits per heavy atom. The molecule has 0 spiro atoms. The average molecular weight is 313 g/mol. The Balaban J connectivity index is 2.05. The van der Waals surface area contributed by atoms with Crippen LogP contribution in [-0.4, -0.2) is 22.2 Å². The summed E-state index contributed by atoms with van der Waals surface area (Å²) in [5.41, 5.74) is 3.53. The molecular weight excluding hydrogens is 298 g/mol. The van der Waals surface area contributed by atoms with Crippen molar-refractivity contribution in [3.63, 3.8) is 0 Å². The summed E-state index contributed by atoms with van der Waals surface area (Å²) >= 11 is 0. The zero-order valence-corrected chi connectivity index (χ0v) is 12.4. The van der Waals surface area contributed by atoms with Gasteiger partial charge in [-0.2, -0.15) is 5.10 Å². The second-order valence-corrected chi connectivity index (χ2v) is 4.91. The number of nitrogens with zero attached hydrogens (tertiary/aromatic N) is 2. The van der Waals surface area contributed by atoms with E-state index in [4.69, 9.17) is 0 Å². The highest BCUT2D eigenvalue weighted by Crippen LogP contribution is 2.26. The quantitative estimate of drug-likeness (QED) is 0.502. The molecule has 0 bridgehead atoms. The van der Waals surface area contributed by atoms with Crippen molar-refractivity contribution in [3.05, 3.63) is 69.3 Å². The Morgan fingerprint density at radius 1 is 1.35 bits per heavy atom. The highest BCUT2D eigenvalue weighted by molar-refractivity contribution is 5.87. The van der Waals surface area contributed by atoms with Gasteiger partial charge in [0.15, 0.2) is 0 Å². The van der Waals surface area contributed by atoms with Crippen LogP contribution in [0.3, 0.4) is 0 Å². The number of phenols is 1.